The Morgan fingerprint density at radius 1 is 1.12 bits per heavy atom. The molecular formula is C18H9Cl2N3S2. The first-order valence-corrected chi connectivity index (χ1v) is 9.66. The molecule has 4 rings (SSSR count). The van der Waals surface area contributed by atoms with Gasteiger partial charge < -0.3 is 5.73 Å². The predicted molar refractivity (Wildman–Crippen MR) is 108 cm³/mol. The Morgan fingerprint density at radius 3 is 2.64 bits per heavy atom. The number of halogens is 2. The van der Waals surface area contributed by atoms with Crippen molar-refractivity contribution in [1.29, 1.82) is 5.26 Å². The first-order valence-electron chi connectivity index (χ1n) is 7.21. The molecule has 4 aromatic rings. The lowest BCUT2D eigenvalue weighted by Crippen LogP contribution is -1.91. The molecule has 3 nitrogen and oxygen atoms in total. The number of benzene rings is 1. The number of aromatic nitrogens is 1. The van der Waals surface area contributed by atoms with Crippen LogP contribution in [0.15, 0.2) is 41.8 Å². The van der Waals surface area contributed by atoms with E-state index in [0.29, 0.717) is 20.6 Å². The molecule has 25 heavy (non-hydrogen) atoms. The Kier molecular flexibility index (Phi) is 4.14. The van der Waals surface area contributed by atoms with Gasteiger partial charge in [0.2, 0.25) is 0 Å². The van der Waals surface area contributed by atoms with E-state index in [1.807, 2.05) is 29.6 Å². The van der Waals surface area contributed by atoms with Crippen molar-refractivity contribution in [1.82, 2.24) is 4.98 Å². The average molecular weight is 402 g/mol. The molecule has 1 aromatic carbocycles. The zero-order chi connectivity index (χ0) is 17.6. The third-order valence-electron chi connectivity index (χ3n) is 3.80. The van der Waals surface area contributed by atoms with Crippen LogP contribution in [0.2, 0.25) is 10.0 Å². The number of nitrogens with two attached hydrogens (primary N) is 1. The summed E-state index contributed by atoms with van der Waals surface area (Å²) in [5, 5.41) is 13.2. The van der Waals surface area contributed by atoms with Gasteiger partial charge in [-0.2, -0.15) is 5.26 Å². The van der Waals surface area contributed by atoms with Crippen LogP contribution < -0.4 is 5.73 Å². The molecule has 0 radical (unpaired) electrons. The summed E-state index contributed by atoms with van der Waals surface area (Å²) in [6.45, 7) is 0. The highest BCUT2D eigenvalue weighted by Crippen LogP contribution is 2.43. The summed E-state index contributed by atoms with van der Waals surface area (Å²) in [6.07, 6.45) is 0. The number of nitrogens with zero attached hydrogens (tertiary/aromatic N) is 2. The number of nitrogen functional groups attached to an aromatic ring is 1. The molecule has 3 heterocycles. The van der Waals surface area contributed by atoms with Crippen LogP contribution in [0.5, 0.6) is 0 Å². The molecule has 0 fully saturated rings. The van der Waals surface area contributed by atoms with Crippen LogP contribution in [0.1, 0.15) is 4.88 Å². The van der Waals surface area contributed by atoms with Gasteiger partial charge >= 0.3 is 0 Å². The lowest BCUT2D eigenvalue weighted by molar-refractivity contribution is 1.45. The van der Waals surface area contributed by atoms with Crippen molar-refractivity contribution >= 4 is 61.8 Å². The van der Waals surface area contributed by atoms with Gasteiger partial charge in [0.05, 0.1) is 16.3 Å². The fourth-order valence-corrected chi connectivity index (χ4v) is 4.79. The first-order chi connectivity index (χ1) is 12.1. The van der Waals surface area contributed by atoms with Crippen LogP contribution in [0.4, 0.5) is 5.69 Å². The maximum atomic E-state index is 9.34. The van der Waals surface area contributed by atoms with E-state index < -0.39 is 0 Å². The third-order valence-corrected chi connectivity index (χ3v) is 6.24. The summed E-state index contributed by atoms with van der Waals surface area (Å²) in [4.78, 5) is 6.93. The van der Waals surface area contributed by atoms with Gasteiger partial charge in [-0.3, -0.25) is 0 Å². The minimum absolute atomic E-state index is 0.439. The molecule has 0 bridgehead atoms. The van der Waals surface area contributed by atoms with E-state index in [-0.39, 0.29) is 0 Å². The maximum absolute atomic E-state index is 9.34. The minimum atomic E-state index is 0.439. The molecule has 0 atom stereocenters. The SMILES string of the molecule is N#Cc1sc2nc(-c3cccs3)cc(-c3ccc(Cl)cc3Cl)c2c1N. The van der Waals surface area contributed by atoms with Crippen molar-refractivity contribution < 1.29 is 0 Å². The molecule has 3 aromatic heterocycles. The molecule has 0 aliphatic heterocycles. The number of fused-ring (bicyclic) bond motifs is 1. The van der Waals surface area contributed by atoms with Gasteiger partial charge in [0.25, 0.3) is 0 Å². The number of pyridine rings is 1. The molecule has 7 heteroatoms. The number of hydrogen-bond donors (Lipinski definition) is 1. The number of anilines is 1. The summed E-state index contributed by atoms with van der Waals surface area (Å²) in [6, 6.07) is 13.4. The van der Waals surface area contributed by atoms with E-state index in [4.69, 9.17) is 33.9 Å². The van der Waals surface area contributed by atoms with Crippen LogP contribution >= 0.6 is 45.9 Å². The van der Waals surface area contributed by atoms with Crippen molar-refractivity contribution in [3.8, 4) is 27.8 Å². The minimum Gasteiger partial charge on any atom is -0.396 e. The lowest BCUT2D eigenvalue weighted by Gasteiger charge is -2.10. The molecule has 0 aliphatic rings. The van der Waals surface area contributed by atoms with Gasteiger partial charge in [0.15, 0.2) is 0 Å². The second-order valence-electron chi connectivity index (χ2n) is 5.29. The van der Waals surface area contributed by atoms with Crippen molar-refractivity contribution in [2.45, 2.75) is 0 Å². The summed E-state index contributed by atoms with van der Waals surface area (Å²) in [5.41, 5.74) is 9.15. The number of hydrogen-bond acceptors (Lipinski definition) is 5. The summed E-state index contributed by atoms with van der Waals surface area (Å²) >= 11 is 15.4. The highest BCUT2D eigenvalue weighted by molar-refractivity contribution is 7.20. The second kappa shape index (κ2) is 6.32. The zero-order valence-corrected chi connectivity index (χ0v) is 15.7. The molecule has 122 valence electrons. The molecule has 2 N–H and O–H groups in total. The Hall–Kier alpha value is -2.10. The maximum Gasteiger partial charge on any atom is 0.130 e. The summed E-state index contributed by atoms with van der Waals surface area (Å²) in [7, 11) is 0. The standard InChI is InChI=1S/C18H9Cl2N3S2/c19-9-3-4-10(12(20)6-9)11-7-13(14-2-1-5-24-14)23-18-16(11)17(22)15(8-21)25-18/h1-7H,22H2. The van der Waals surface area contributed by atoms with Crippen molar-refractivity contribution in [3.05, 3.63) is 56.7 Å². The van der Waals surface area contributed by atoms with Gasteiger partial charge in [0.1, 0.15) is 15.8 Å². The quantitative estimate of drug-likeness (QED) is 0.419. The van der Waals surface area contributed by atoms with Gasteiger partial charge in [-0.25, -0.2) is 4.98 Å². The van der Waals surface area contributed by atoms with E-state index in [1.54, 1.807) is 23.5 Å². The van der Waals surface area contributed by atoms with Crippen molar-refractivity contribution in [2.24, 2.45) is 0 Å². The second-order valence-corrected chi connectivity index (χ2v) is 8.08. The predicted octanol–water partition coefficient (Wildman–Crippen LogP) is 6.45. The van der Waals surface area contributed by atoms with E-state index in [2.05, 4.69) is 6.07 Å². The van der Waals surface area contributed by atoms with Crippen molar-refractivity contribution in [3.63, 3.8) is 0 Å². The largest absolute Gasteiger partial charge is 0.396 e. The molecule has 0 amide bonds. The Bertz CT molecular complexity index is 1140. The highest BCUT2D eigenvalue weighted by Gasteiger charge is 2.19. The molecule has 0 saturated carbocycles. The lowest BCUT2D eigenvalue weighted by atomic mass is 10.0. The van der Waals surface area contributed by atoms with Crippen LogP contribution in [-0.2, 0) is 0 Å². The van der Waals surface area contributed by atoms with Gasteiger partial charge in [-0.1, -0.05) is 35.3 Å². The fraction of sp³-hybridized carbons (Fsp3) is 0. The fourth-order valence-electron chi connectivity index (χ4n) is 2.67. The molecule has 0 unspecified atom stereocenters. The Labute approximate surface area is 161 Å². The number of nitriles is 1. The van der Waals surface area contributed by atoms with Crippen LogP contribution in [0.3, 0.4) is 0 Å². The monoisotopic (exact) mass is 401 g/mol. The van der Waals surface area contributed by atoms with Gasteiger partial charge in [0, 0.05) is 21.0 Å². The Morgan fingerprint density at radius 2 is 1.96 bits per heavy atom. The van der Waals surface area contributed by atoms with Crippen molar-refractivity contribution in [2.75, 3.05) is 5.73 Å². The van der Waals surface area contributed by atoms with Crippen LogP contribution in [-0.4, -0.2) is 4.98 Å². The normalized spacial score (nSPS) is 10.9. The molecule has 0 spiro atoms. The molecule has 0 saturated heterocycles. The van der Waals surface area contributed by atoms with E-state index in [9.17, 15) is 5.26 Å². The smallest absolute Gasteiger partial charge is 0.130 e. The first kappa shape index (κ1) is 16.4. The topological polar surface area (TPSA) is 62.7 Å². The number of rotatable bonds is 2. The summed E-state index contributed by atoms with van der Waals surface area (Å²) in [5.74, 6) is 0. The van der Waals surface area contributed by atoms with Crippen LogP contribution in [0, 0.1) is 11.3 Å². The summed E-state index contributed by atoms with van der Waals surface area (Å²) < 4.78 is 0. The zero-order valence-electron chi connectivity index (χ0n) is 12.6. The molecule has 0 aliphatic carbocycles. The third kappa shape index (κ3) is 2.78. The van der Waals surface area contributed by atoms with E-state index >= 15 is 0 Å². The Balaban J connectivity index is 2.10. The highest BCUT2D eigenvalue weighted by atomic mass is 35.5. The van der Waals surface area contributed by atoms with E-state index in [1.165, 1.54) is 11.3 Å². The molecular weight excluding hydrogens is 393 g/mol. The van der Waals surface area contributed by atoms with Gasteiger partial charge in [-0.05, 0) is 35.2 Å². The number of thiophene rings is 2. The van der Waals surface area contributed by atoms with Gasteiger partial charge in [-0.15, -0.1) is 22.7 Å². The van der Waals surface area contributed by atoms with E-state index in [0.717, 1.165) is 31.9 Å². The van der Waals surface area contributed by atoms with Crippen LogP contribution in [0.25, 0.3) is 31.9 Å². The average Bonchev–Trinajstić information content (AvgIpc) is 3.22.